The molecular weight excluding hydrogens is 252 g/mol. The standard InChI is InChI=1S/C15H18N2OSi/c1-19(2,3)18-15-10-5-4-9-14(15)17-12-13-8-6-7-11-16-13/h4-12H,1-3H3. The van der Waals surface area contributed by atoms with E-state index in [9.17, 15) is 0 Å². The molecule has 0 aliphatic heterocycles. The SMILES string of the molecule is C[Si](C)(C)Oc1ccccc1N=Cc1ccccn1. The molecular formula is C15H18N2OSi. The van der Waals surface area contributed by atoms with Crippen molar-refractivity contribution in [1.29, 1.82) is 0 Å². The third kappa shape index (κ3) is 4.33. The van der Waals surface area contributed by atoms with Gasteiger partial charge in [-0.25, -0.2) is 0 Å². The van der Waals surface area contributed by atoms with Crippen LogP contribution in [0.25, 0.3) is 0 Å². The van der Waals surface area contributed by atoms with Crippen LogP contribution in [-0.2, 0) is 0 Å². The van der Waals surface area contributed by atoms with Gasteiger partial charge in [0, 0.05) is 6.20 Å². The van der Waals surface area contributed by atoms with Gasteiger partial charge in [0.1, 0.15) is 11.4 Å². The van der Waals surface area contributed by atoms with Crippen LogP contribution < -0.4 is 4.43 Å². The molecule has 19 heavy (non-hydrogen) atoms. The molecule has 0 spiro atoms. The lowest BCUT2D eigenvalue weighted by molar-refractivity contribution is 0.559. The van der Waals surface area contributed by atoms with E-state index in [1.807, 2.05) is 42.5 Å². The lowest BCUT2D eigenvalue weighted by Gasteiger charge is -2.20. The molecule has 0 amide bonds. The summed E-state index contributed by atoms with van der Waals surface area (Å²) < 4.78 is 6.03. The largest absolute Gasteiger partial charge is 0.543 e. The van der Waals surface area contributed by atoms with Gasteiger partial charge in [0.15, 0.2) is 0 Å². The molecule has 1 aromatic heterocycles. The molecule has 4 heteroatoms. The summed E-state index contributed by atoms with van der Waals surface area (Å²) in [5.41, 5.74) is 1.68. The molecule has 0 radical (unpaired) electrons. The van der Waals surface area contributed by atoms with E-state index in [2.05, 4.69) is 29.6 Å². The normalized spacial score (nSPS) is 11.7. The highest BCUT2D eigenvalue weighted by atomic mass is 28.4. The number of aromatic nitrogens is 1. The summed E-state index contributed by atoms with van der Waals surface area (Å²) in [5.74, 6) is 0.842. The summed E-state index contributed by atoms with van der Waals surface area (Å²) in [6, 6.07) is 13.6. The highest BCUT2D eigenvalue weighted by Gasteiger charge is 2.17. The molecule has 98 valence electrons. The summed E-state index contributed by atoms with van der Waals surface area (Å²) in [5, 5.41) is 0. The molecule has 0 saturated carbocycles. The van der Waals surface area contributed by atoms with Crippen molar-refractivity contribution in [1.82, 2.24) is 4.98 Å². The summed E-state index contributed by atoms with van der Waals surface area (Å²) in [4.78, 5) is 8.69. The Morgan fingerprint density at radius 1 is 1.05 bits per heavy atom. The van der Waals surface area contributed by atoms with Crippen molar-refractivity contribution in [3.8, 4) is 5.75 Å². The third-order valence-electron chi connectivity index (χ3n) is 2.31. The highest BCUT2D eigenvalue weighted by Crippen LogP contribution is 2.28. The van der Waals surface area contributed by atoms with Crippen molar-refractivity contribution < 1.29 is 4.43 Å². The Morgan fingerprint density at radius 3 is 2.47 bits per heavy atom. The molecule has 0 aliphatic rings. The van der Waals surface area contributed by atoms with E-state index >= 15 is 0 Å². The summed E-state index contributed by atoms with van der Waals surface area (Å²) >= 11 is 0. The van der Waals surface area contributed by atoms with Crippen LogP contribution in [-0.4, -0.2) is 19.5 Å². The van der Waals surface area contributed by atoms with Crippen molar-refractivity contribution >= 4 is 20.2 Å². The first-order valence-corrected chi connectivity index (χ1v) is 9.68. The first-order chi connectivity index (χ1) is 9.04. The van der Waals surface area contributed by atoms with Gasteiger partial charge in [0.05, 0.1) is 11.9 Å². The van der Waals surface area contributed by atoms with Gasteiger partial charge in [0.25, 0.3) is 0 Å². The van der Waals surface area contributed by atoms with E-state index in [4.69, 9.17) is 4.43 Å². The highest BCUT2D eigenvalue weighted by molar-refractivity contribution is 6.70. The number of pyridine rings is 1. The number of rotatable bonds is 4. The fourth-order valence-electron chi connectivity index (χ4n) is 1.57. The maximum atomic E-state index is 6.03. The molecule has 0 unspecified atom stereocenters. The molecule has 0 N–H and O–H groups in total. The minimum atomic E-state index is -1.63. The van der Waals surface area contributed by atoms with Gasteiger partial charge in [-0.3, -0.25) is 9.98 Å². The van der Waals surface area contributed by atoms with Crippen LogP contribution in [0.1, 0.15) is 5.69 Å². The number of hydrogen-bond acceptors (Lipinski definition) is 3. The van der Waals surface area contributed by atoms with Gasteiger partial charge in [0.2, 0.25) is 8.32 Å². The van der Waals surface area contributed by atoms with Crippen molar-refractivity contribution in [3.63, 3.8) is 0 Å². The van der Waals surface area contributed by atoms with Crippen LogP contribution >= 0.6 is 0 Å². The zero-order chi connectivity index (χ0) is 13.7. The molecule has 0 aliphatic carbocycles. The molecule has 0 bridgehead atoms. The average Bonchev–Trinajstić information content (AvgIpc) is 2.37. The second-order valence-corrected chi connectivity index (χ2v) is 9.62. The first kappa shape index (κ1) is 13.5. The average molecular weight is 270 g/mol. The van der Waals surface area contributed by atoms with Crippen molar-refractivity contribution in [2.45, 2.75) is 19.6 Å². The second kappa shape index (κ2) is 5.80. The second-order valence-electron chi connectivity index (χ2n) is 5.19. The van der Waals surface area contributed by atoms with Crippen molar-refractivity contribution in [3.05, 3.63) is 54.4 Å². The zero-order valence-electron chi connectivity index (χ0n) is 11.5. The number of aliphatic imine (C=N–C) groups is 1. The number of hydrogen-bond donors (Lipinski definition) is 0. The van der Waals surface area contributed by atoms with Crippen LogP contribution in [0, 0.1) is 0 Å². The van der Waals surface area contributed by atoms with Gasteiger partial charge in [-0.2, -0.15) is 0 Å². The van der Waals surface area contributed by atoms with Crippen LogP contribution in [0.5, 0.6) is 5.75 Å². The maximum absolute atomic E-state index is 6.03. The minimum absolute atomic E-state index is 0.838. The quantitative estimate of drug-likeness (QED) is 0.620. The fourth-order valence-corrected chi connectivity index (χ4v) is 2.40. The Bertz CT molecular complexity index is 562. The minimum Gasteiger partial charge on any atom is -0.543 e. The molecule has 3 nitrogen and oxygen atoms in total. The maximum Gasteiger partial charge on any atom is 0.242 e. The monoisotopic (exact) mass is 270 g/mol. The Hall–Kier alpha value is -1.94. The molecule has 2 aromatic rings. The molecule has 0 saturated heterocycles. The smallest absolute Gasteiger partial charge is 0.242 e. The van der Waals surface area contributed by atoms with E-state index in [1.165, 1.54) is 0 Å². The Morgan fingerprint density at radius 2 is 1.79 bits per heavy atom. The lowest BCUT2D eigenvalue weighted by atomic mass is 10.3. The fraction of sp³-hybridized carbons (Fsp3) is 0.200. The molecule has 1 aromatic carbocycles. The Labute approximate surface area is 115 Å². The predicted octanol–water partition coefficient (Wildman–Crippen LogP) is 4.05. The van der Waals surface area contributed by atoms with E-state index in [1.54, 1.807) is 12.4 Å². The Balaban J connectivity index is 2.23. The molecule has 2 rings (SSSR count). The third-order valence-corrected chi connectivity index (χ3v) is 3.14. The van der Waals surface area contributed by atoms with Crippen LogP contribution in [0.4, 0.5) is 5.69 Å². The van der Waals surface area contributed by atoms with Crippen LogP contribution in [0.15, 0.2) is 53.7 Å². The van der Waals surface area contributed by atoms with E-state index < -0.39 is 8.32 Å². The van der Waals surface area contributed by atoms with Gasteiger partial charge < -0.3 is 4.43 Å². The Kier molecular flexibility index (Phi) is 4.12. The number of benzene rings is 1. The van der Waals surface area contributed by atoms with E-state index in [0.717, 1.165) is 17.1 Å². The van der Waals surface area contributed by atoms with Crippen LogP contribution in [0.2, 0.25) is 19.6 Å². The van der Waals surface area contributed by atoms with Gasteiger partial charge in [-0.1, -0.05) is 18.2 Å². The van der Waals surface area contributed by atoms with Gasteiger partial charge >= 0.3 is 0 Å². The van der Waals surface area contributed by atoms with Crippen LogP contribution in [0.3, 0.4) is 0 Å². The van der Waals surface area contributed by atoms with E-state index in [-0.39, 0.29) is 0 Å². The topological polar surface area (TPSA) is 34.5 Å². The number of nitrogens with zero attached hydrogens (tertiary/aromatic N) is 2. The predicted molar refractivity (Wildman–Crippen MR) is 81.9 cm³/mol. The molecule has 0 atom stereocenters. The molecule has 1 heterocycles. The summed E-state index contributed by atoms with van der Waals surface area (Å²) in [6.45, 7) is 6.48. The summed E-state index contributed by atoms with van der Waals surface area (Å²) in [6.07, 6.45) is 3.51. The van der Waals surface area contributed by atoms with Crippen molar-refractivity contribution in [2.75, 3.05) is 0 Å². The number of para-hydroxylation sites is 2. The van der Waals surface area contributed by atoms with Gasteiger partial charge in [-0.15, -0.1) is 0 Å². The molecule has 0 fully saturated rings. The first-order valence-electron chi connectivity index (χ1n) is 6.28. The lowest BCUT2D eigenvalue weighted by Crippen LogP contribution is -2.29. The van der Waals surface area contributed by atoms with E-state index in [0.29, 0.717) is 0 Å². The summed E-state index contributed by atoms with van der Waals surface area (Å²) in [7, 11) is -1.63. The zero-order valence-corrected chi connectivity index (χ0v) is 12.5. The van der Waals surface area contributed by atoms with Crippen molar-refractivity contribution in [2.24, 2.45) is 4.99 Å². The van der Waals surface area contributed by atoms with Gasteiger partial charge in [-0.05, 0) is 43.9 Å².